The second-order valence-corrected chi connectivity index (χ2v) is 7.29. The lowest BCUT2D eigenvalue weighted by Gasteiger charge is -2.38. The van der Waals surface area contributed by atoms with Crippen LogP contribution in [-0.2, 0) is 0 Å². The molecule has 20 heavy (non-hydrogen) atoms. The van der Waals surface area contributed by atoms with E-state index in [4.69, 9.17) is 10.2 Å². The number of aliphatic hydroxyl groups is 2. The molecular weight excluding hydrogens is 248 g/mol. The number of hydrogen-bond donors (Lipinski definition) is 2. The van der Waals surface area contributed by atoms with Crippen molar-refractivity contribution in [2.45, 2.75) is 77.0 Å². The summed E-state index contributed by atoms with van der Waals surface area (Å²) in [6, 6.07) is 0. The summed E-state index contributed by atoms with van der Waals surface area (Å²) >= 11 is 0. The Kier molecular flexibility index (Phi) is 7.37. The molecule has 0 radical (unpaired) electrons. The van der Waals surface area contributed by atoms with Gasteiger partial charge in [-0.1, -0.05) is 25.7 Å². The van der Waals surface area contributed by atoms with Crippen LogP contribution in [0.1, 0.15) is 77.0 Å². The first-order valence-corrected chi connectivity index (χ1v) is 9.05. The molecule has 2 N–H and O–H groups in total. The monoisotopic (exact) mass is 282 g/mol. The molecule has 0 aromatic heterocycles. The maximum atomic E-state index is 8.92. The van der Waals surface area contributed by atoms with Gasteiger partial charge in [-0.3, -0.25) is 0 Å². The van der Waals surface area contributed by atoms with Crippen LogP contribution in [0.3, 0.4) is 0 Å². The van der Waals surface area contributed by atoms with Gasteiger partial charge in [-0.05, 0) is 75.0 Å². The summed E-state index contributed by atoms with van der Waals surface area (Å²) in [4.78, 5) is 0. The van der Waals surface area contributed by atoms with Gasteiger partial charge in [0.15, 0.2) is 0 Å². The Labute approximate surface area is 125 Å². The van der Waals surface area contributed by atoms with Gasteiger partial charge in [-0.25, -0.2) is 0 Å². The van der Waals surface area contributed by atoms with Crippen LogP contribution in [0.15, 0.2) is 0 Å². The molecule has 0 aromatic carbocycles. The molecular formula is C18H34O2. The minimum Gasteiger partial charge on any atom is -0.396 e. The highest BCUT2D eigenvalue weighted by atomic mass is 16.3. The summed E-state index contributed by atoms with van der Waals surface area (Å²) in [5, 5.41) is 17.8. The zero-order chi connectivity index (χ0) is 14.2. The normalized spacial score (nSPS) is 35.1. The molecule has 0 heterocycles. The van der Waals surface area contributed by atoms with E-state index in [1.54, 1.807) is 0 Å². The molecule has 2 rings (SSSR count). The minimum atomic E-state index is 0.373. The summed E-state index contributed by atoms with van der Waals surface area (Å²) in [5.74, 6) is 3.80. The van der Waals surface area contributed by atoms with Crippen LogP contribution in [0.5, 0.6) is 0 Å². The molecule has 0 unspecified atom stereocenters. The van der Waals surface area contributed by atoms with Gasteiger partial charge in [0, 0.05) is 13.2 Å². The van der Waals surface area contributed by atoms with E-state index in [2.05, 4.69) is 0 Å². The van der Waals surface area contributed by atoms with Crippen molar-refractivity contribution in [2.24, 2.45) is 23.7 Å². The lowest BCUT2D eigenvalue weighted by atomic mass is 9.68. The molecule has 2 heteroatoms. The van der Waals surface area contributed by atoms with Gasteiger partial charge < -0.3 is 10.2 Å². The van der Waals surface area contributed by atoms with E-state index in [1.807, 2.05) is 0 Å². The second-order valence-electron chi connectivity index (χ2n) is 7.29. The molecule has 0 amide bonds. The fourth-order valence-corrected chi connectivity index (χ4v) is 4.66. The molecule has 0 atom stereocenters. The SMILES string of the molecule is OCCCC1CCC(C2CCC(CCCO)CC2)CC1. The van der Waals surface area contributed by atoms with Crippen LogP contribution in [0, 0.1) is 23.7 Å². The first kappa shape index (κ1) is 16.3. The van der Waals surface area contributed by atoms with Crippen molar-refractivity contribution in [2.75, 3.05) is 13.2 Å². The first-order chi connectivity index (χ1) is 9.83. The average Bonchev–Trinajstić information content (AvgIpc) is 2.52. The molecule has 2 fully saturated rings. The number of hydrogen-bond acceptors (Lipinski definition) is 2. The molecule has 0 spiro atoms. The van der Waals surface area contributed by atoms with E-state index in [1.165, 1.54) is 64.2 Å². The van der Waals surface area contributed by atoms with Gasteiger partial charge >= 0.3 is 0 Å². The zero-order valence-electron chi connectivity index (χ0n) is 13.1. The highest BCUT2D eigenvalue weighted by molar-refractivity contribution is 4.82. The number of rotatable bonds is 7. The topological polar surface area (TPSA) is 40.5 Å². The van der Waals surface area contributed by atoms with Crippen LogP contribution in [0.2, 0.25) is 0 Å². The Balaban J connectivity index is 1.63. The van der Waals surface area contributed by atoms with E-state index < -0.39 is 0 Å². The summed E-state index contributed by atoms with van der Waals surface area (Å²) < 4.78 is 0. The van der Waals surface area contributed by atoms with Crippen molar-refractivity contribution < 1.29 is 10.2 Å². The summed E-state index contributed by atoms with van der Waals surface area (Å²) in [6.45, 7) is 0.746. The predicted molar refractivity (Wildman–Crippen MR) is 83.5 cm³/mol. The minimum absolute atomic E-state index is 0.373. The van der Waals surface area contributed by atoms with Gasteiger partial charge in [-0.2, -0.15) is 0 Å². The van der Waals surface area contributed by atoms with E-state index in [0.29, 0.717) is 13.2 Å². The van der Waals surface area contributed by atoms with E-state index in [9.17, 15) is 0 Å². The smallest absolute Gasteiger partial charge is 0.0431 e. The van der Waals surface area contributed by atoms with Crippen LogP contribution >= 0.6 is 0 Å². The van der Waals surface area contributed by atoms with Crippen molar-refractivity contribution in [1.82, 2.24) is 0 Å². The van der Waals surface area contributed by atoms with Crippen LogP contribution < -0.4 is 0 Å². The Morgan fingerprint density at radius 2 is 0.900 bits per heavy atom. The molecule has 2 aliphatic carbocycles. The Morgan fingerprint density at radius 3 is 1.20 bits per heavy atom. The molecule has 0 aromatic rings. The third kappa shape index (κ3) is 5.04. The molecule has 2 saturated carbocycles. The highest BCUT2D eigenvalue weighted by Crippen LogP contribution is 2.42. The molecule has 0 aliphatic heterocycles. The first-order valence-electron chi connectivity index (χ1n) is 9.05. The number of aliphatic hydroxyl groups excluding tert-OH is 2. The molecule has 2 aliphatic rings. The Hall–Kier alpha value is -0.0800. The second kappa shape index (κ2) is 9.04. The lowest BCUT2D eigenvalue weighted by Crippen LogP contribution is -2.26. The molecule has 2 nitrogen and oxygen atoms in total. The third-order valence-electron chi connectivity index (χ3n) is 5.99. The van der Waals surface area contributed by atoms with E-state index in [-0.39, 0.29) is 0 Å². The van der Waals surface area contributed by atoms with Crippen molar-refractivity contribution in [1.29, 1.82) is 0 Å². The van der Waals surface area contributed by atoms with Crippen molar-refractivity contribution in [3.05, 3.63) is 0 Å². The third-order valence-corrected chi connectivity index (χ3v) is 5.99. The van der Waals surface area contributed by atoms with Gasteiger partial charge in [0.2, 0.25) is 0 Å². The fraction of sp³-hybridized carbons (Fsp3) is 1.00. The van der Waals surface area contributed by atoms with Crippen molar-refractivity contribution in [3.8, 4) is 0 Å². The van der Waals surface area contributed by atoms with E-state index >= 15 is 0 Å². The molecule has 0 bridgehead atoms. The Morgan fingerprint density at radius 1 is 0.550 bits per heavy atom. The van der Waals surface area contributed by atoms with Gasteiger partial charge in [0.05, 0.1) is 0 Å². The van der Waals surface area contributed by atoms with E-state index in [0.717, 1.165) is 36.5 Å². The van der Waals surface area contributed by atoms with Crippen LogP contribution in [-0.4, -0.2) is 23.4 Å². The summed E-state index contributed by atoms with van der Waals surface area (Å²) in [5.41, 5.74) is 0. The molecule has 118 valence electrons. The maximum absolute atomic E-state index is 8.92. The van der Waals surface area contributed by atoms with Crippen molar-refractivity contribution in [3.63, 3.8) is 0 Å². The van der Waals surface area contributed by atoms with Crippen molar-refractivity contribution >= 4 is 0 Å². The van der Waals surface area contributed by atoms with Gasteiger partial charge in [0.1, 0.15) is 0 Å². The van der Waals surface area contributed by atoms with Crippen LogP contribution in [0.25, 0.3) is 0 Å². The fourth-order valence-electron chi connectivity index (χ4n) is 4.66. The highest BCUT2D eigenvalue weighted by Gasteiger charge is 2.30. The molecule has 0 saturated heterocycles. The standard InChI is InChI=1S/C18H34O2/c19-13-1-3-15-5-9-17(10-6-15)18-11-7-16(8-12-18)4-2-14-20/h15-20H,1-14H2. The van der Waals surface area contributed by atoms with Gasteiger partial charge in [-0.15, -0.1) is 0 Å². The quantitative estimate of drug-likeness (QED) is 0.736. The zero-order valence-corrected chi connectivity index (χ0v) is 13.1. The lowest BCUT2D eigenvalue weighted by molar-refractivity contribution is 0.135. The van der Waals surface area contributed by atoms with Crippen LogP contribution in [0.4, 0.5) is 0 Å². The average molecular weight is 282 g/mol. The maximum Gasteiger partial charge on any atom is 0.0431 e. The summed E-state index contributed by atoms with van der Waals surface area (Å²) in [7, 11) is 0. The largest absolute Gasteiger partial charge is 0.396 e. The Bertz CT molecular complexity index is 212. The predicted octanol–water partition coefficient (Wildman–Crippen LogP) is 4.14. The van der Waals surface area contributed by atoms with Gasteiger partial charge in [0.25, 0.3) is 0 Å². The summed E-state index contributed by atoms with van der Waals surface area (Å²) in [6.07, 6.45) is 15.9.